The van der Waals surface area contributed by atoms with E-state index in [1.54, 1.807) is 67.1 Å². The minimum atomic E-state index is -0.531. The Kier molecular flexibility index (Phi) is 5.55. The zero-order valence-electron chi connectivity index (χ0n) is 16.7. The van der Waals surface area contributed by atoms with E-state index in [0.717, 1.165) is 0 Å². The van der Waals surface area contributed by atoms with E-state index in [4.69, 9.17) is 9.47 Å². The van der Waals surface area contributed by atoms with Crippen molar-refractivity contribution in [1.29, 1.82) is 0 Å². The molecule has 8 heteroatoms. The number of fused-ring (bicyclic) bond motifs is 1. The molecular formula is C23H18N2O5S. The molecule has 0 spiro atoms. The molecule has 0 aliphatic heterocycles. The number of anilines is 1. The zero-order valence-corrected chi connectivity index (χ0v) is 17.6. The van der Waals surface area contributed by atoms with Crippen LogP contribution in [0.3, 0.4) is 0 Å². The van der Waals surface area contributed by atoms with Gasteiger partial charge in [0.05, 0.1) is 31.2 Å². The first-order valence-corrected chi connectivity index (χ1v) is 10.2. The minimum Gasteiger partial charge on any atom is -0.497 e. The first-order chi connectivity index (χ1) is 15.0. The number of carbonyl (C=O) groups is 2. The fraction of sp³-hybridized carbons (Fsp3) is 0.0870. The molecule has 0 saturated heterocycles. The molecule has 156 valence electrons. The van der Waals surface area contributed by atoms with Crippen molar-refractivity contribution in [3.05, 3.63) is 87.0 Å². The molecule has 0 radical (unpaired) electrons. The van der Waals surface area contributed by atoms with Gasteiger partial charge in [0.1, 0.15) is 10.6 Å². The molecule has 0 aliphatic rings. The minimum absolute atomic E-state index is 0.258. The quantitative estimate of drug-likeness (QED) is 0.478. The van der Waals surface area contributed by atoms with E-state index in [1.807, 2.05) is 0 Å². The van der Waals surface area contributed by atoms with Gasteiger partial charge in [-0.05, 0) is 29.6 Å². The second-order valence-corrected chi connectivity index (χ2v) is 7.49. The highest BCUT2D eigenvalue weighted by Crippen LogP contribution is 2.25. The second-order valence-electron chi connectivity index (χ2n) is 6.57. The van der Waals surface area contributed by atoms with Gasteiger partial charge in [-0.3, -0.25) is 14.2 Å². The summed E-state index contributed by atoms with van der Waals surface area (Å²) in [7, 11) is 2.83. The molecule has 0 atom stereocenters. The largest absolute Gasteiger partial charge is 0.497 e. The summed E-state index contributed by atoms with van der Waals surface area (Å²) in [6.07, 6.45) is 1.50. The molecule has 0 unspecified atom stereocenters. The number of benzene rings is 2. The zero-order chi connectivity index (χ0) is 22.0. The third-order valence-electron chi connectivity index (χ3n) is 4.78. The smallest absolute Gasteiger partial charge is 0.350 e. The molecule has 0 saturated carbocycles. The van der Waals surface area contributed by atoms with Gasteiger partial charge in [0.15, 0.2) is 0 Å². The maximum atomic E-state index is 13.2. The van der Waals surface area contributed by atoms with Gasteiger partial charge in [-0.25, -0.2) is 4.79 Å². The normalized spacial score (nSPS) is 10.6. The molecule has 0 fully saturated rings. The van der Waals surface area contributed by atoms with Crippen molar-refractivity contribution < 1.29 is 19.1 Å². The molecule has 4 rings (SSSR count). The van der Waals surface area contributed by atoms with Gasteiger partial charge < -0.3 is 14.8 Å². The number of hydrogen-bond acceptors (Lipinski definition) is 6. The van der Waals surface area contributed by atoms with Crippen LogP contribution in [0, 0.1) is 0 Å². The Morgan fingerprint density at radius 3 is 2.52 bits per heavy atom. The van der Waals surface area contributed by atoms with Crippen LogP contribution in [0.25, 0.3) is 16.5 Å². The lowest BCUT2D eigenvalue weighted by Crippen LogP contribution is -2.23. The average molecular weight is 434 g/mol. The maximum Gasteiger partial charge on any atom is 0.350 e. The molecule has 1 amide bonds. The number of esters is 1. The van der Waals surface area contributed by atoms with Crippen molar-refractivity contribution in [1.82, 2.24) is 4.57 Å². The number of nitrogens with one attached hydrogen (secondary N) is 1. The fourth-order valence-electron chi connectivity index (χ4n) is 3.27. The second kappa shape index (κ2) is 8.45. The Morgan fingerprint density at radius 2 is 1.77 bits per heavy atom. The molecule has 4 aromatic rings. The van der Waals surface area contributed by atoms with Gasteiger partial charge in [-0.2, -0.15) is 0 Å². The highest BCUT2D eigenvalue weighted by molar-refractivity contribution is 7.12. The number of pyridine rings is 1. The predicted molar refractivity (Wildman–Crippen MR) is 120 cm³/mol. The summed E-state index contributed by atoms with van der Waals surface area (Å²) in [5, 5.41) is 5.37. The summed E-state index contributed by atoms with van der Waals surface area (Å²) in [6, 6.07) is 15.5. The van der Waals surface area contributed by atoms with E-state index in [1.165, 1.54) is 29.2 Å². The monoisotopic (exact) mass is 434 g/mol. The van der Waals surface area contributed by atoms with Gasteiger partial charge in [0.2, 0.25) is 0 Å². The van der Waals surface area contributed by atoms with Gasteiger partial charge in [0.25, 0.3) is 11.5 Å². The molecule has 2 heterocycles. The number of aromatic nitrogens is 1. The van der Waals surface area contributed by atoms with Crippen LogP contribution >= 0.6 is 11.3 Å². The topological polar surface area (TPSA) is 86.6 Å². The van der Waals surface area contributed by atoms with Crippen molar-refractivity contribution in [2.24, 2.45) is 0 Å². The van der Waals surface area contributed by atoms with Gasteiger partial charge >= 0.3 is 5.97 Å². The number of amides is 1. The first-order valence-electron chi connectivity index (χ1n) is 9.29. The lowest BCUT2D eigenvalue weighted by atomic mass is 10.1. The van der Waals surface area contributed by atoms with E-state index in [2.05, 4.69) is 5.32 Å². The van der Waals surface area contributed by atoms with E-state index in [-0.39, 0.29) is 5.56 Å². The Hall–Kier alpha value is -3.91. The van der Waals surface area contributed by atoms with E-state index >= 15 is 0 Å². The summed E-state index contributed by atoms with van der Waals surface area (Å²) in [4.78, 5) is 38.6. The lowest BCUT2D eigenvalue weighted by Gasteiger charge is -2.13. The Balaban J connectivity index is 1.85. The van der Waals surface area contributed by atoms with E-state index < -0.39 is 11.9 Å². The van der Waals surface area contributed by atoms with Crippen LogP contribution in [0.2, 0.25) is 0 Å². The van der Waals surface area contributed by atoms with Crippen LogP contribution in [-0.4, -0.2) is 30.7 Å². The standard InChI is InChI=1S/C23H18N2O5S/c1-29-15-7-5-6-14(12-15)25-13-18(16-8-3-4-9-17(16)22(25)27)21(26)24-19-10-11-31-20(19)23(28)30-2/h3-13H,1-2H3,(H,24,26). The molecule has 0 aliphatic carbocycles. The molecule has 31 heavy (non-hydrogen) atoms. The highest BCUT2D eigenvalue weighted by Gasteiger charge is 2.20. The summed E-state index contributed by atoms with van der Waals surface area (Å²) < 4.78 is 11.4. The molecule has 1 N–H and O–H groups in total. The molecule has 2 aromatic carbocycles. The average Bonchev–Trinajstić information content (AvgIpc) is 3.27. The number of hydrogen-bond donors (Lipinski definition) is 1. The highest BCUT2D eigenvalue weighted by atomic mass is 32.1. The van der Waals surface area contributed by atoms with Crippen molar-refractivity contribution in [3.8, 4) is 11.4 Å². The van der Waals surface area contributed by atoms with Crippen LogP contribution < -0.4 is 15.6 Å². The summed E-state index contributed by atoms with van der Waals surface area (Å²) in [5.74, 6) is -0.391. The lowest BCUT2D eigenvalue weighted by molar-refractivity contribution is 0.0607. The number of rotatable bonds is 5. The van der Waals surface area contributed by atoms with Crippen molar-refractivity contribution in [2.75, 3.05) is 19.5 Å². The van der Waals surface area contributed by atoms with Gasteiger partial charge in [0, 0.05) is 23.0 Å². The summed E-state index contributed by atoms with van der Waals surface area (Å²) in [6.45, 7) is 0. The number of thiophene rings is 1. The third kappa shape index (κ3) is 3.80. The van der Waals surface area contributed by atoms with Crippen molar-refractivity contribution in [3.63, 3.8) is 0 Å². The molecular weight excluding hydrogens is 416 g/mol. The number of carbonyl (C=O) groups excluding carboxylic acids is 2. The number of methoxy groups -OCH3 is 2. The van der Waals surface area contributed by atoms with Crippen LogP contribution in [0.15, 0.2) is 71.0 Å². The van der Waals surface area contributed by atoms with Crippen LogP contribution in [0.1, 0.15) is 20.0 Å². The van der Waals surface area contributed by atoms with Gasteiger partial charge in [-0.15, -0.1) is 11.3 Å². The molecule has 0 bridgehead atoms. The van der Waals surface area contributed by atoms with Crippen molar-refractivity contribution >= 4 is 39.7 Å². The molecule has 7 nitrogen and oxygen atoms in total. The predicted octanol–water partition coefficient (Wildman–Crippen LogP) is 4.10. The fourth-order valence-corrected chi connectivity index (χ4v) is 4.04. The van der Waals surface area contributed by atoms with Crippen LogP contribution in [0.4, 0.5) is 5.69 Å². The summed E-state index contributed by atoms with van der Waals surface area (Å²) >= 11 is 1.17. The summed E-state index contributed by atoms with van der Waals surface area (Å²) in [5.41, 5.74) is 0.950. The number of nitrogens with zero attached hydrogens (tertiary/aromatic N) is 1. The van der Waals surface area contributed by atoms with Crippen molar-refractivity contribution in [2.45, 2.75) is 0 Å². The Bertz CT molecular complexity index is 1360. The van der Waals surface area contributed by atoms with Gasteiger partial charge in [-0.1, -0.05) is 24.3 Å². The van der Waals surface area contributed by atoms with Crippen LogP contribution in [0.5, 0.6) is 5.75 Å². The first kappa shape index (κ1) is 20.4. The third-order valence-corrected chi connectivity index (χ3v) is 5.68. The SMILES string of the molecule is COC(=O)c1sccc1NC(=O)c1cn(-c2cccc(OC)c2)c(=O)c2ccccc12. The van der Waals surface area contributed by atoms with E-state index in [0.29, 0.717) is 38.3 Å². The molecule has 2 aromatic heterocycles. The maximum absolute atomic E-state index is 13.2. The van der Waals surface area contributed by atoms with E-state index in [9.17, 15) is 14.4 Å². The number of ether oxygens (including phenoxy) is 2. The van der Waals surface area contributed by atoms with Crippen LogP contribution in [-0.2, 0) is 4.74 Å². The Labute approximate surface area is 181 Å². The Morgan fingerprint density at radius 1 is 1.00 bits per heavy atom.